The normalized spacial score (nSPS) is 16.3. The van der Waals surface area contributed by atoms with Crippen molar-refractivity contribution < 1.29 is 13.9 Å². The lowest BCUT2D eigenvalue weighted by atomic mass is 10.1. The van der Waals surface area contributed by atoms with Gasteiger partial charge in [-0.25, -0.2) is 14.5 Å². The molecule has 3 aromatic rings. The largest absolute Gasteiger partial charge is 0.465 e. The molecule has 0 bridgehead atoms. The summed E-state index contributed by atoms with van der Waals surface area (Å²) >= 11 is 3.40. The molecule has 118 valence electrons. The summed E-state index contributed by atoms with van der Waals surface area (Å²) in [5.41, 5.74) is 5.18. The average Bonchev–Trinajstić information content (AvgIpc) is 3.24. The van der Waals surface area contributed by atoms with Crippen LogP contribution >= 0.6 is 23.5 Å². The first-order chi connectivity index (χ1) is 11.2. The number of nitrogens with one attached hydrogen (secondary N) is 1. The summed E-state index contributed by atoms with van der Waals surface area (Å²) in [6.07, 6.45) is 3.97. The van der Waals surface area contributed by atoms with Gasteiger partial charge in [0.25, 0.3) is 0 Å². The summed E-state index contributed by atoms with van der Waals surface area (Å²) in [5.74, 6) is 0.293. The van der Waals surface area contributed by atoms with Gasteiger partial charge < -0.3 is 14.6 Å². The number of benzene rings is 1. The Hall–Kier alpha value is -2.06. The Morgan fingerprint density at radius 2 is 2.35 bits per heavy atom. The molecule has 6 nitrogen and oxygen atoms in total. The van der Waals surface area contributed by atoms with Gasteiger partial charge in [-0.3, -0.25) is 0 Å². The molecule has 1 aliphatic heterocycles. The number of fused-ring (bicyclic) bond motifs is 2. The van der Waals surface area contributed by atoms with E-state index in [2.05, 4.69) is 16.7 Å². The van der Waals surface area contributed by atoms with E-state index in [0.29, 0.717) is 16.9 Å². The van der Waals surface area contributed by atoms with Crippen molar-refractivity contribution in [3.8, 4) is 11.5 Å². The van der Waals surface area contributed by atoms with Crippen LogP contribution in [0.2, 0.25) is 0 Å². The number of esters is 1. The number of carbonyl (C=O) groups is 1. The number of methoxy groups -OCH3 is 1. The van der Waals surface area contributed by atoms with Gasteiger partial charge in [0.05, 0.1) is 18.9 Å². The lowest BCUT2D eigenvalue weighted by molar-refractivity contribution is 0.0601. The lowest BCUT2D eigenvalue weighted by Crippen LogP contribution is -2.13. The van der Waals surface area contributed by atoms with Gasteiger partial charge in [-0.2, -0.15) is 0 Å². The maximum Gasteiger partial charge on any atom is 0.337 e. The summed E-state index contributed by atoms with van der Waals surface area (Å²) in [6, 6.07) is 7.17. The van der Waals surface area contributed by atoms with Gasteiger partial charge in [0.1, 0.15) is 16.0 Å². The molecule has 1 aliphatic rings. The first-order valence-electron chi connectivity index (χ1n) is 6.85. The number of aromatic nitrogens is 2. The molecule has 0 saturated carbocycles. The molecule has 2 aromatic heterocycles. The standard InChI is InChI=1S/C15H13N3O3S2/c1-20-13(19)9-4-3-8-5-12(21-11(8)6-9)10-7-18-14(16-10)23-15(17-18)22-2/h3-7,15,17H,1-2H3. The van der Waals surface area contributed by atoms with Crippen LogP contribution in [0.5, 0.6) is 0 Å². The number of thioether (sulfide) groups is 2. The van der Waals surface area contributed by atoms with E-state index in [1.165, 1.54) is 7.11 Å². The fourth-order valence-corrected chi connectivity index (χ4v) is 3.99. The molecule has 8 heteroatoms. The minimum atomic E-state index is -0.380. The zero-order valence-electron chi connectivity index (χ0n) is 12.4. The molecule has 0 amide bonds. The molecule has 3 heterocycles. The highest BCUT2D eigenvalue weighted by molar-refractivity contribution is 8.16. The fraction of sp³-hybridized carbons (Fsp3) is 0.200. The number of hydrogen-bond acceptors (Lipinski definition) is 7. The number of carbonyl (C=O) groups excluding carboxylic acids is 1. The summed E-state index contributed by atoms with van der Waals surface area (Å²) in [7, 11) is 1.36. The third-order valence-corrected chi connectivity index (χ3v) is 5.76. The Morgan fingerprint density at radius 1 is 1.48 bits per heavy atom. The Kier molecular flexibility index (Phi) is 3.50. The number of imidazole rings is 1. The van der Waals surface area contributed by atoms with E-state index in [1.807, 2.05) is 23.0 Å². The van der Waals surface area contributed by atoms with Crippen LogP contribution in [-0.2, 0) is 4.74 Å². The number of nitrogens with zero attached hydrogens (tertiary/aromatic N) is 2. The molecule has 0 spiro atoms. The number of rotatable bonds is 3. The van der Waals surface area contributed by atoms with Gasteiger partial charge in [-0.05, 0) is 36.2 Å². The molecule has 0 aliphatic carbocycles. The molecule has 1 unspecified atom stereocenters. The van der Waals surface area contributed by atoms with Gasteiger partial charge in [0.15, 0.2) is 10.9 Å². The SMILES string of the molecule is COC(=O)c1ccc2cc(-c3cn4c(n3)SC(SC)N4)oc2c1. The minimum Gasteiger partial charge on any atom is -0.465 e. The van der Waals surface area contributed by atoms with Crippen LogP contribution in [0.1, 0.15) is 10.4 Å². The van der Waals surface area contributed by atoms with Crippen molar-refractivity contribution >= 4 is 40.5 Å². The van der Waals surface area contributed by atoms with E-state index >= 15 is 0 Å². The second-order valence-corrected chi connectivity index (χ2v) is 7.26. The first-order valence-corrected chi connectivity index (χ1v) is 9.02. The van der Waals surface area contributed by atoms with Crippen LogP contribution in [0.15, 0.2) is 40.0 Å². The summed E-state index contributed by atoms with van der Waals surface area (Å²) in [5, 5.41) is 1.83. The van der Waals surface area contributed by atoms with E-state index in [9.17, 15) is 4.79 Å². The maximum absolute atomic E-state index is 11.6. The molecular weight excluding hydrogens is 334 g/mol. The van der Waals surface area contributed by atoms with Crippen molar-refractivity contribution in [1.82, 2.24) is 9.66 Å². The molecule has 0 radical (unpaired) electrons. The van der Waals surface area contributed by atoms with Crippen molar-refractivity contribution in [2.75, 3.05) is 18.8 Å². The second-order valence-electron chi connectivity index (χ2n) is 4.95. The third-order valence-electron chi connectivity index (χ3n) is 3.54. The van der Waals surface area contributed by atoms with Crippen molar-refractivity contribution in [2.24, 2.45) is 0 Å². The number of hydrogen-bond donors (Lipinski definition) is 1. The molecule has 23 heavy (non-hydrogen) atoms. The van der Waals surface area contributed by atoms with Gasteiger partial charge in [-0.15, -0.1) is 11.8 Å². The number of furan rings is 1. The van der Waals surface area contributed by atoms with E-state index in [-0.39, 0.29) is 10.7 Å². The van der Waals surface area contributed by atoms with Crippen molar-refractivity contribution in [1.29, 1.82) is 0 Å². The van der Waals surface area contributed by atoms with Crippen LogP contribution in [0.25, 0.3) is 22.4 Å². The van der Waals surface area contributed by atoms with Crippen molar-refractivity contribution in [3.63, 3.8) is 0 Å². The van der Waals surface area contributed by atoms with Gasteiger partial charge in [0, 0.05) is 5.39 Å². The Morgan fingerprint density at radius 3 is 3.09 bits per heavy atom. The predicted octanol–water partition coefficient (Wildman–Crippen LogP) is 3.38. The van der Waals surface area contributed by atoms with Crippen LogP contribution in [0.3, 0.4) is 0 Å². The van der Waals surface area contributed by atoms with Crippen LogP contribution in [0.4, 0.5) is 0 Å². The summed E-state index contributed by atoms with van der Waals surface area (Å²) < 4.78 is 12.8. The maximum atomic E-state index is 11.6. The molecule has 0 saturated heterocycles. The zero-order chi connectivity index (χ0) is 16.0. The highest BCUT2D eigenvalue weighted by atomic mass is 32.2. The highest BCUT2D eigenvalue weighted by Crippen LogP contribution is 2.36. The molecular formula is C15H13N3O3S2. The third kappa shape index (κ3) is 2.47. The van der Waals surface area contributed by atoms with Crippen molar-refractivity contribution in [3.05, 3.63) is 36.0 Å². The molecule has 1 N–H and O–H groups in total. The quantitative estimate of drug-likeness (QED) is 0.728. The Balaban J connectivity index is 1.69. The van der Waals surface area contributed by atoms with Gasteiger partial charge >= 0.3 is 5.97 Å². The fourth-order valence-electron chi connectivity index (χ4n) is 2.40. The van der Waals surface area contributed by atoms with Crippen LogP contribution < -0.4 is 5.43 Å². The Labute approximate surface area is 140 Å². The Bertz CT molecular complexity index is 879. The minimum absolute atomic E-state index is 0.282. The zero-order valence-corrected chi connectivity index (χ0v) is 14.0. The second kappa shape index (κ2) is 5.54. The number of ether oxygens (including phenoxy) is 1. The first kappa shape index (κ1) is 14.5. The molecule has 1 aromatic carbocycles. The van der Waals surface area contributed by atoms with Crippen LogP contribution in [-0.4, -0.2) is 33.7 Å². The van der Waals surface area contributed by atoms with E-state index in [0.717, 1.165) is 16.2 Å². The van der Waals surface area contributed by atoms with Crippen molar-refractivity contribution in [2.45, 2.75) is 9.86 Å². The topological polar surface area (TPSA) is 69.3 Å². The van der Waals surface area contributed by atoms with E-state index in [1.54, 1.807) is 35.7 Å². The average molecular weight is 347 g/mol. The predicted molar refractivity (Wildman–Crippen MR) is 91.3 cm³/mol. The molecule has 0 fully saturated rings. The molecule has 4 rings (SSSR count). The summed E-state index contributed by atoms with van der Waals surface area (Å²) in [6.45, 7) is 0. The monoisotopic (exact) mass is 347 g/mol. The smallest absolute Gasteiger partial charge is 0.337 e. The van der Waals surface area contributed by atoms with E-state index in [4.69, 9.17) is 9.15 Å². The van der Waals surface area contributed by atoms with E-state index < -0.39 is 0 Å². The lowest BCUT2D eigenvalue weighted by Gasteiger charge is -2.05. The molecule has 1 atom stereocenters. The highest BCUT2D eigenvalue weighted by Gasteiger charge is 2.24. The van der Waals surface area contributed by atoms with Gasteiger partial charge in [0.2, 0.25) is 0 Å². The van der Waals surface area contributed by atoms with Gasteiger partial charge in [-0.1, -0.05) is 6.07 Å². The summed E-state index contributed by atoms with van der Waals surface area (Å²) in [4.78, 5) is 16.2. The van der Waals surface area contributed by atoms with Crippen LogP contribution in [0, 0.1) is 0 Å².